The molecule has 0 spiro atoms. The smallest absolute Gasteiger partial charge is 0.231 e. The van der Waals surface area contributed by atoms with Gasteiger partial charge >= 0.3 is 0 Å². The van der Waals surface area contributed by atoms with Crippen LogP contribution in [0, 0.1) is 0 Å². The number of ether oxygens (including phenoxy) is 4. The van der Waals surface area contributed by atoms with Crippen LogP contribution in [-0.4, -0.2) is 69.8 Å². The van der Waals surface area contributed by atoms with Crippen LogP contribution >= 0.6 is 0 Å². The number of nitrogens with one attached hydrogen (secondary N) is 1. The molecule has 0 radical (unpaired) electrons. The van der Waals surface area contributed by atoms with Crippen molar-refractivity contribution >= 4 is 5.96 Å². The maximum Gasteiger partial charge on any atom is 0.231 e. The number of nitrogens with zero attached hydrogens (tertiary/aromatic N) is 2. The van der Waals surface area contributed by atoms with Crippen molar-refractivity contribution < 1.29 is 18.9 Å². The van der Waals surface area contributed by atoms with Crippen molar-refractivity contribution in [3.8, 4) is 11.5 Å². The van der Waals surface area contributed by atoms with Crippen LogP contribution < -0.4 is 14.8 Å². The highest BCUT2D eigenvalue weighted by molar-refractivity contribution is 5.80. The van der Waals surface area contributed by atoms with Gasteiger partial charge in [-0.1, -0.05) is 6.07 Å². The largest absolute Gasteiger partial charge is 0.454 e. The molecular formula is C19H27N3O4. The third kappa shape index (κ3) is 3.88. The predicted octanol–water partition coefficient (Wildman–Crippen LogP) is 1.41. The van der Waals surface area contributed by atoms with Gasteiger partial charge in [0.25, 0.3) is 0 Å². The zero-order valence-corrected chi connectivity index (χ0v) is 15.3. The molecule has 0 amide bonds. The van der Waals surface area contributed by atoms with Gasteiger partial charge in [0.05, 0.1) is 12.7 Å². The molecule has 0 aromatic heterocycles. The zero-order chi connectivity index (χ0) is 17.8. The average molecular weight is 361 g/mol. The van der Waals surface area contributed by atoms with Crippen molar-refractivity contribution in [2.24, 2.45) is 4.99 Å². The average Bonchev–Trinajstić information content (AvgIpc) is 3.36. The fraction of sp³-hybridized carbons (Fsp3) is 0.632. The lowest BCUT2D eigenvalue weighted by Gasteiger charge is -2.37. The summed E-state index contributed by atoms with van der Waals surface area (Å²) >= 11 is 0. The monoisotopic (exact) mass is 361 g/mol. The first-order valence-electron chi connectivity index (χ1n) is 9.41. The number of aliphatic imine (C=N–C) groups is 1. The summed E-state index contributed by atoms with van der Waals surface area (Å²) in [6.45, 7) is 4.38. The van der Waals surface area contributed by atoms with Crippen molar-refractivity contribution in [3.63, 3.8) is 0 Å². The lowest BCUT2D eigenvalue weighted by Crippen LogP contribution is -2.53. The van der Waals surface area contributed by atoms with Crippen LogP contribution in [0.2, 0.25) is 0 Å². The number of rotatable bonds is 4. The van der Waals surface area contributed by atoms with Gasteiger partial charge in [-0.15, -0.1) is 0 Å². The summed E-state index contributed by atoms with van der Waals surface area (Å²) in [6.07, 6.45) is 3.49. The van der Waals surface area contributed by atoms with Crippen LogP contribution in [0.15, 0.2) is 23.2 Å². The molecule has 142 valence electrons. The van der Waals surface area contributed by atoms with E-state index in [1.807, 2.05) is 13.1 Å². The van der Waals surface area contributed by atoms with E-state index in [2.05, 4.69) is 27.3 Å². The normalized spacial score (nSPS) is 25.6. The van der Waals surface area contributed by atoms with E-state index >= 15 is 0 Å². The molecule has 2 saturated heterocycles. The van der Waals surface area contributed by atoms with Gasteiger partial charge in [-0.3, -0.25) is 4.99 Å². The molecule has 3 aliphatic rings. The molecule has 2 fully saturated rings. The SMILES string of the molecule is CN=C(NCCc1ccc2c(c1)OCO2)N1CCOC(C2CCCO2)C1. The number of guanidine groups is 1. The van der Waals surface area contributed by atoms with Gasteiger partial charge in [0.2, 0.25) is 6.79 Å². The minimum atomic E-state index is 0.138. The number of morpholine rings is 1. The molecule has 4 rings (SSSR count). The molecule has 7 heteroatoms. The quantitative estimate of drug-likeness (QED) is 0.646. The third-order valence-electron chi connectivity index (χ3n) is 5.12. The maximum absolute atomic E-state index is 5.93. The van der Waals surface area contributed by atoms with Gasteiger partial charge < -0.3 is 29.2 Å². The topological polar surface area (TPSA) is 64.6 Å². The summed E-state index contributed by atoms with van der Waals surface area (Å²) in [5.41, 5.74) is 1.22. The first kappa shape index (κ1) is 17.4. The van der Waals surface area contributed by atoms with E-state index in [4.69, 9.17) is 18.9 Å². The number of hydrogen-bond donors (Lipinski definition) is 1. The highest BCUT2D eigenvalue weighted by Gasteiger charge is 2.32. The van der Waals surface area contributed by atoms with Gasteiger partial charge in [-0.05, 0) is 37.0 Å². The summed E-state index contributed by atoms with van der Waals surface area (Å²) in [5.74, 6) is 2.59. The van der Waals surface area contributed by atoms with E-state index in [1.54, 1.807) is 0 Å². The Labute approximate surface area is 154 Å². The fourth-order valence-corrected chi connectivity index (χ4v) is 3.74. The molecule has 0 bridgehead atoms. The zero-order valence-electron chi connectivity index (χ0n) is 15.3. The van der Waals surface area contributed by atoms with Crippen molar-refractivity contribution in [3.05, 3.63) is 23.8 Å². The molecule has 1 aromatic carbocycles. The Bertz CT molecular complexity index is 646. The Morgan fingerprint density at radius 1 is 1.19 bits per heavy atom. The second-order valence-corrected chi connectivity index (χ2v) is 6.82. The van der Waals surface area contributed by atoms with Crippen LogP contribution in [0.5, 0.6) is 11.5 Å². The van der Waals surface area contributed by atoms with Crippen LogP contribution in [0.1, 0.15) is 18.4 Å². The number of fused-ring (bicyclic) bond motifs is 1. The first-order valence-corrected chi connectivity index (χ1v) is 9.41. The molecule has 2 unspecified atom stereocenters. The van der Waals surface area contributed by atoms with Gasteiger partial charge in [-0.25, -0.2) is 0 Å². The molecular weight excluding hydrogens is 334 g/mol. The van der Waals surface area contributed by atoms with E-state index in [1.165, 1.54) is 5.56 Å². The van der Waals surface area contributed by atoms with Crippen LogP contribution in [0.4, 0.5) is 0 Å². The van der Waals surface area contributed by atoms with E-state index < -0.39 is 0 Å². The van der Waals surface area contributed by atoms with Crippen molar-refractivity contribution in [1.29, 1.82) is 0 Å². The molecule has 3 aliphatic heterocycles. The van der Waals surface area contributed by atoms with Crippen LogP contribution in [0.25, 0.3) is 0 Å². The third-order valence-corrected chi connectivity index (χ3v) is 5.12. The second-order valence-electron chi connectivity index (χ2n) is 6.82. The molecule has 0 saturated carbocycles. The van der Waals surface area contributed by atoms with E-state index in [-0.39, 0.29) is 12.2 Å². The van der Waals surface area contributed by atoms with Gasteiger partial charge in [0.1, 0.15) is 6.10 Å². The van der Waals surface area contributed by atoms with Crippen LogP contribution in [0.3, 0.4) is 0 Å². The lowest BCUT2D eigenvalue weighted by molar-refractivity contribution is -0.0816. The van der Waals surface area contributed by atoms with Crippen LogP contribution in [-0.2, 0) is 15.9 Å². The van der Waals surface area contributed by atoms with Gasteiger partial charge in [-0.2, -0.15) is 0 Å². The van der Waals surface area contributed by atoms with Crippen molar-refractivity contribution in [2.45, 2.75) is 31.5 Å². The Hall–Kier alpha value is -1.99. The van der Waals surface area contributed by atoms with E-state index in [0.29, 0.717) is 13.4 Å². The lowest BCUT2D eigenvalue weighted by atomic mass is 10.1. The molecule has 0 aliphatic carbocycles. The van der Waals surface area contributed by atoms with Crippen molar-refractivity contribution in [1.82, 2.24) is 10.2 Å². The molecule has 2 atom stereocenters. The highest BCUT2D eigenvalue weighted by atomic mass is 16.7. The molecule has 3 heterocycles. The predicted molar refractivity (Wildman–Crippen MR) is 97.9 cm³/mol. The minimum absolute atomic E-state index is 0.138. The molecule has 1 aromatic rings. The summed E-state index contributed by atoms with van der Waals surface area (Å²) in [4.78, 5) is 6.73. The summed E-state index contributed by atoms with van der Waals surface area (Å²) in [5, 5.41) is 3.47. The Morgan fingerprint density at radius 3 is 2.92 bits per heavy atom. The highest BCUT2D eigenvalue weighted by Crippen LogP contribution is 2.32. The molecule has 26 heavy (non-hydrogen) atoms. The standard InChI is InChI=1S/C19H27N3O4/c1-20-19(22-8-10-24-18(12-22)15-3-2-9-23-15)21-7-6-14-4-5-16-17(11-14)26-13-25-16/h4-5,11,15,18H,2-3,6-10,12-13H2,1H3,(H,20,21). The first-order chi connectivity index (χ1) is 12.8. The van der Waals surface area contributed by atoms with Gasteiger partial charge in [0.15, 0.2) is 17.5 Å². The Morgan fingerprint density at radius 2 is 2.08 bits per heavy atom. The fourth-order valence-electron chi connectivity index (χ4n) is 3.74. The van der Waals surface area contributed by atoms with E-state index in [0.717, 1.165) is 63.0 Å². The maximum atomic E-state index is 5.93. The summed E-state index contributed by atoms with van der Waals surface area (Å²) < 4.78 is 22.5. The summed E-state index contributed by atoms with van der Waals surface area (Å²) in [6, 6.07) is 6.11. The molecule has 7 nitrogen and oxygen atoms in total. The summed E-state index contributed by atoms with van der Waals surface area (Å²) in [7, 11) is 1.83. The van der Waals surface area contributed by atoms with E-state index in [9.17, 15) is 0 Å². The van der Waals surface area contributed by atoms with Crippen molar-refractivity contribution in [2.75, 3.05) is 46.7 Å². The van der Waals surface area contributed by atoms with Gasteiger partial charge in [0, 0.05) is 33.3 Å². The minimum Gasteiger partial charge on any atom is -0.454 e. The molecule has 1 N–H and O–H groups in total. The Kier molecular flexibility index (Phi) is 5.45. The number of hydrogen-bond acceptors (Lipinski definition) is 5. The Balaban J connectivity index is 1.28. The number of benzene rings is 1. The second kappa shape index (κ2) is 8.14.